The molecule has 1 aromatic rings. The van der Waals surface area contributed by atoms with Gasteiger partial charge in [-0.05, 0) is 18.2 Å². The van der Waals surface area contributed by atoms with Crippen LogP contribution in [0.5, 0.6) is 0 Å². The summed E-state index contributed by atoms with van der Waals surface area (Å²) in [6.45, 7) is 0. The summed E-state index contributed by atoms with van der Waals surface area (Å²) in [6, 6.07) is 2.56. The smallest absolute Gasteiger partial charge is 0.355 e. The summed E-state index contributed by atoms with van der Waals surface area (Å²) in [7, 11) is 1.14. The van der Waals surface area contributed by atoms with E-state index >= 15 is 0 Å². The summed E-state index contributed by atoms with van der Waals surface area (Å²) in [5.74, 6) is -3.94. The zero-order chi connectivity index (χ0) is 16.0. The minimum Gasteiger partial charge on any atom is -0.464 e. The number of methoxy groups -OCH3 is 1. The number of halogens is 2. The molecule has 0 radical (unpaired) electrons. The molecule has 1 saturated heterocycles. The minimum absolute atomic E-state index is 0.0392. The van der Waals surface area contributed by atoms with Crippen molar-refractivity contribution in [3.05, 3.63) is 29.0 Å². The van der Waals surface area contributed by atoms with Crippen LogP contribution in [0.15, 0.2) is 23.3 Å². The molecule has 0 aliphatic carbocycles. The molecular weight excluding hydrogens is 317 g/mol. The second-order valence-corrected chi connectivity index (χ2v) is 5.09. The van der Waals surface area contributed by atoms with Crippen LogP contribution in [0.4, 0.5) is 10.1 Å². The lowest BCUT2D eigenvalue weighted by Crippen LogP contribution is -2.36. The highest BCUT2D eigenvalue weighted by Crippen LogP contribution is 2.32. The first kappa shape index (κ1) is 14.5. The Morgan fingerprint density at radius 2 is 2.14 bits per heavy atom. The van der Waals surface area contributed by atoms with Crippen LogP contribution in [0.1, 0.15) is 0 Å². The molecule has 7 nitrogen and oxygen atoms in total. The molecule has 2 aliphatic heterocycles. The Kier molecular flexibility index (Phi) is 3.32. The average Bonchev–Trinajstić information content (AvgIpc) is 3.03. The van der Waals surface area contributed by atoms with E-state index in [-0.39, 0.29) is 16.4 Å². The standard InChI is InChI=1S/C13H9ClFN3O4/c1-22-13(21)10-8-9(16-17-10)12(20)18(11(8)19)5-2-3-6(14)7(15)4-5/h2-4,8-9,16H,1H3/t8-,9+/m0/s1. The van der Waals surface area contributed by atoms with Gasteiger partial charge in [0.25, 0.3) is 5.91 Å². The van der Waals surface area contributed by atoms with Crippen molar-refractivity contribution in [1.29, 1.82) is 0 Å². The molecule has 1 N–H and O–H groups in total. The molecule has 0 spiro atoms. The Labute approximate surface area is 128 Å². The molecule has 2 heterocycles. The highest BCUT2D eigenvalue weighted by Gasteiger charge is 2.55. The van der Waals surface area contributed by atoms with Crippen LogP contribution in [-0.2, 0) is 19.1 Å². The first-order valence-electron chi connectivity index (χ1n) is 6.20. The van der Waals surface area contributed by atoms with E-state index in [0.717, 1.165) is 18.1 Å². The van der Waals surface area contributed by atoms with Gasteiger partial charge in [0.05, 0.1) is 17.8 Å². The first-order valence-corrected chi connectivity index (χ1v) is 6.57. The Bertz CT molecular complexity index is 736. The molecule has 0 bridgehead atoms. The van der Waals surface area contributed by atoms with Crippen molar-refractivity contribution in [3.8, 4) is 0 Å². The number of nitrogens with one attached hydrogen (secondary N) is 1. The van der Waals surface area contributed by atoms with Gasteiger partial charge in [-0.15, -0.1) is 0 Å². The number of carbonyl (C=O) groups is 3. The lowest BCUT2D eigenvalue weighted by atomic mass is 9.99. The first-order chi connectivity index (χ1) is 10.5. The molecule has 3 rings (SSSR count). The summed E-state index contributed by atoms with van der Waals surface area (Å²) >= 11 is 5.58. The quantitative estimate of drug-likeness (QED) is 0.631. The lowest BCUT2D eigenvalue weighted by molar-refractivity contribution is -0.133. The maximum atomic E-state index is 13.5. The van der Waals surface area contributed by atoms with E-state index in [2.05, 4.69) is 15.3 Å². The summed E-state index contributed by atoms with van der Waals surface area (Å²) in [4.78, 5) is 37.2. The van der Waals surface area contributed by atoms with Gasteiger partial charge in [0.15, 0.2) is 5.71 Å². The number of benzene rings is 1. The number of hydrazone groups is 1. The van der Waals surface area contributed by atoms with Crippen molar-refractivity contribution >= 4 is 40.8 Å². The van der Waals surface area contributed by atoms with Crippen molar-refractivity contribution in [2.75, 3.05) is 12.0 Å². The van der Waals surface area contributed by atoms with Gasteiger partial charge in [0.2, 0.25) is 5.91 Å². The average molecular weight is 326 g/mol. The Balaban J connectivity index is 1.98. The van der Waals surface area contributed by atoms with E-state index in [1.807, 2.05) is 0 Å². The number of fused-ring (bicyclic) bond motifs is 1. The molecule has 0 aromatic heterocycles. The molecule has 2 amide bonds. The Morgan fingerprint density at radius 1 is 1.41 bits per heavy atom. The van der Waals surface area contributed by atoms with Crippen LogP contribution >= 0.6 is 11.6 Å². The Hall–Kier alpha value is -2.48. The number of hydrogen-bond acceptors (Lipinski definition) is 6. The summed E-state index contributed by atoms with van der Waals surface area (Å²) < 4.78 is 18.1. The largest absolute Gasteiger partial charge is 0.464 e. The van der Waals surface area contributed by atoms with Crippen LogP contribution in [0, 0.1) is 11.7 Å². The fourth-order valence-corrected chi connectivity index (χ4v) is 2.56. The van der Waals surface area contributed by atoms with Crippen molar-refractivity contribution < 1.29 is 23.5 Å². The highest BCUT2D eigenvalue weighted by molar-refractivity contribution is 6.46. The van der Waals surface area contributed by atoms with E-state index in [9.17, 15) is 18.8 Å². The summed E-state index contributed by atoms with van der Waals surface area (Å²) in [6.07, 6.45) is 0. The van der Waals surface area contributed by atoms with Crippen molar-refractivity contribution in [2.45, 2.75) is 6.04 Å². The normalized spacial score (nSPS) is 23.2. The van der Waals surface area contributed by atoms with Crippen LogP contribution in [0.2, 0.25) is 5.02 Å². The van der Waals surface area contributed by atoms with Gasteiger partial charge in [0, 0.05) is 0 Å². The van der Waals surface area contributed by atoms with Crippen molar-refractivity contribution in [3.63, 3.8) is 0 Å². The molecule has 2 aliphatic rings. The fraction of sp³-hybridized carbons (Fsp3) is 0.231. The second kappa shape index (κ2) is 5.06. The van der Waals surface area contributed by atoms with Crippen molar-refractivity contribution in [2.24, 2.45) is 11.0 Å². The number of nitrogens with zero attached hydrogens (tertiary/aromatic N) is 2. The maximum Gasteiger partial charge on any atom is 0.355 e. The Morgan fingerprint density at radius 3 is 2.77 bits per heavy atom. The SMILES string of the molecule is COC(=O)C1=NN[C@H]2C(=O)N(c3ccc(Cl)c(F)c3)C(=O)[C@H]12. The number of esters is 1. The number of ether oxygens (including phenoxy) is 1. The molecule has 9 heteroatoms. The second-order valence-electron chi connectivity index (χ2n) is 4.68. The molecule has 1 fully saturated rings. The predicted octanol–water partition coefficient (Wildman–Crippen LogP) is 0.469. The third kappa shape index (κ3) is 1.95. The molecule has 22 heavy (non-hydrogen) atoms. The van der Waals surface area contributed by atoms with E-state index < -0.39 is 35.6 Å². The third-order valence-corrected chi connectivity index (χ3v) is 3.79. The van der Waals surface area contributed by atoms with E-state index in [1.54, 1.807) is 0 Å². The molecule has 2 atom stereocenters. The molecular formula is C13H9ClFN3O4. The van der Waals surface area contributed by atoms with Gasteiger partial charge in [-0.25, -0.2) is 14.1 Å². The minimum atomic E-state index is -1.08. The molecule has 1 aromatic carbocycles. The number of anilines is 1. The van der Waals surface area contributed by atoms with Crippen LogP contribution in [-0.4, -0.2) is 36.6 Å². The summed E-state index contributed by atoms with van der Waals surface area (Å²) in [5.41, 5.74) is 2.31. The van der Waals surface area contributed by atoms with E-state index in [4.69, 9.17) is 11.6 Å². The number of rotatable bonds is 2. The van der Waals surface area contributed by atoms with Gasteiger partial charge < -0.3 is 4.74 Å². The van der Waals surface area contributed by atoms with Gasteiger partial charge in [-0.3, -0.25) is 15.0 Å². The van der Waals surface area contributed by atoms with Gasteiger partial charge in [-0.2, -0.15) is 5.10 Å². The molecule has 0 unspecified atom stereocenters. The third-order valence-electron chi connectivity index (χ3n) is 3.48. The lowest BCUT2D eigenvalue weighted by Gasteiger charge is -2.15. The van der Waals surface area contributed by atoms with Crippen molar-refractivity contribution in [1.82, 2.24) is 5.43 Å². The van der Waals surface area contributed by atoms with Crippen LogP contribution < -0.4 is 10.3 Å². The van der Waals surface area contributed by atoms with Gasteiger partial charge >= 0.3 is 5.97 Å². The molecule has 114 valence electrons. The number of amides is 2. The topological polar surface area (TPSA) is 88.1 Å². The summed E-state index contributed by atoms with van der Waals surface area (Å²) in [5, 5.41) is 3.55. The van der Waals surface area contributed by atoms with E-state index in [0.29, 0.717) is 0 Å². The number of imide groups is 1. The zero-order valence-corrected chi connectivity index (χ0v) is 11.9. The number of carbonyl (C=O) groups excluding carboxylic acids is 3. The van der Waals surface area contributed by atoms with Gasteiger partial charge in [-0.1, -0.05) is 11.6 Å². The fourth-order valence-electron chi connectivity index (χ4n) is 2.44. The monoisotopic (exact) mass is 325 g/mol. The molecule has 0 saturated carbocycles. The maximum absolute atomic E-state index is 13.5. The van der Waals surface area contributed by atoms with Gasteiger partial charge in [0.1, 0.15) is 17.8 Å². The zero-order valence-electron chi connectivity index (χ0n) is 11.2. The highest BCUT2D eigenvalue weighted by atomic mass is 35.5. The van der Waals surface area contributed by atoms with Crippen LogP contribution in [0.25, 0.3) is 0 Å². The number of hydrogen-bond donors (Lipinski definition) is 1. The van der Waals surface area contributed by atoms with Crippen LogP contribution in [0.3, 0.4) is 0 Å². The van der Waals surface area contributed by atoms with E-state index in [1.165, 1.54) is 12.1 Å². The predicted molar refractivity (Wildman–Crippen MR) is 73.8 cm³/mol.